The molecule has 2 saturated heterocycles. The van der Waals surface area contributed by atoms with Gasteiger partial charge in [0.05, 0.1) is 19.2 Å². The van der Waals surface area contributed by atoms with Gasteiger partial charge in [0.2, 0.25) is 59.1 Å². The second kappa shape index (κ2) is 37.7. The maximum atomic E-state index is 14.3. The number of carboxylic acid groups (broad SMARTS) is 1. The van der Waals surface area contributed by atoms with E-state index in [1.807, 2.05) is 13.8 Å². The van der Waals surface area contributed by atoms with Gasteiger partial charge < -0.3 is 85.5 Å². The predicted octanol–water partition coefficient (Wildman–Crippen LogP) is -1.70. The molecule has 0 spiro atoms. The van der Waals surface area contributed by atoms with Crippen LogP contribution in [0.25, 0.3) is 0 Å². The smallest absolute Gasteiger partial charge is 0.326 e. The Bertz CT molecular complexity index is 2750. The molecule has 2 aromatic carbocycles. The number of aliphatic carboxylic acids is 1. The number of nitrogens with one attached hydrogen (secondary N) is 8. The molecule has 0 bridgehead atoms. The van der Waals surface area contributed by atoms with Crippen molar-refractivity contribution < 1.29 is 63.0 Å². The zero-order valence-corrected chi connectivity index (χ0v) is 52.8. The van der Waals surface area contributed by atoms with Crippen molar-refractivity contribution in [1.29, 1.82) is 0 Å². The Morgan fingerprint density at radius 1 is 0.611 bits per heavy atom. The van der Waals surface area contributed by atoms with Crippen molar-refractivity contribution in [3.8, 4) is 0 Å². The van der Waals surface area contributed by atoms with E-state index >= 15 is 0 Å². The Balaban J connectivity index is 1.44. The minimum absolute atomic E-state index is 0.000828. The largest absolute Gasteiger partial charge is 0.480 e. The van der Waals surface area contributed by atoms with E-state index in [9.17, 15) is 63.0 Å². The number of nitrogens with two attached hydrogens (primary N) is 4. The van der Waals surface area contributed by atoms with Crippen LogP contribution in [0.15, 0.2) is 65.7 Å². The first kappa shape index (κ1) is 74.2. The first-order valence-corrected chi connectivity index (χ1v) is 31.2. The Morgan fingerprint density at radius 2 is 1.13 bits per heavy atom. The highest BCUT2D eigenvalue weighted by Crippen LogP contribution is 2.26. The first-order chi connectivity index (χ1) is 42.8. The zero-order valence-electron chi connectivity index (χ0n) is 52.8. The van der Waals surface area contributed by atoms with Gasteiger partial charge in [-0.15, -0.1) is 0 Å². The fourth-order valence-electron chi connectivity index (χ4n) is 10.7. The summed E-state index contributed by atoms with van der Waals surface area (Å²) in [5, 5.41) is 41.6. The second-order valence-electron chi connectivity index (χ2n) is 23.9. The minimum atomic E-state index is -1.68. The van der Waals surface area contributed by atoms with E-state index in [1.165, 1.54) is 9.80 Å². The molecule has 2 aliphatic heterocycles. The van der Waals surface area contributed by atoms with Gasteiger partial charge >= 0.3 is 5.97 Å². The molecule has 90 heavy (non-hydrogen) atoms. The lowest BCUT2D eigenvalue weighted by atomic mass is 9.95. The molecule has 0 aliphatic carbocycles. The molecule has 498 valence electrons. The average molecular weight is 1260 g/mol. The van der Waals surface area contributed by atoms with Gasteiger partial charge in [0.15, 0.2) is 5.96 Å². The van der Waals surface area contributed by atoms with E-state index in [-0.39, 0.29) is 70.0 Å². The maximum Gasteiger partial charge on any atom is 0.326 e. The minimum Gasteiger partial charge on any atom is -0.480 e. The van der Waals surface area contributed by atoms with Crippen LogP contribution in [-0.4, -0.2) is 191 Å². The van der Waals surface area contributed by atoms with Crippen LogP contribution in [0.3, 0.4) is 0 Å². The van der Waals surface area contributed by atoms with Crippen molar-refractivity contribution in [2.45, 2.75) is 185 Å². The normalized spacial score (nSPS) is 17.6. The van der Waals surface area contributed by atoms with Gasteiger partial charge in [0.1, 0.15) is 54.4 Å². The molecule has 0 saturated carbocycles. The molecule has 2 aromatic rings. The molecule has 0 unspecified atom stereocenters. The molecule has 2 aliphatic rings. The van der Waals surface area contributed by atoms with Gasteiger partial charge in [-0.1, -0.05) is 109 Å². The summed E-state index contributed by atoms with van der Waals surface area (Å²) in [7, 11) is 0. The van der Waals surface area contributed by atoms with Crippen LogP contribution in [0.2, 0.25) is 0 Å². The van der Waals surface area contributed by atoms with E-state index in [0.29, 0.717) is 62.6 Å². The number of guanidine groups is 1. The first-order valence-electron chi connectivity index (χ1n) is 31.2. The molecule has 10 amide bonds. The predicted molar refractivity (Wildman–Crippen MR) is 336 cm³/mol. The number of aliphatic hydroxyl groups is 1. The number of benzene rings is 2. The number of hydrogen-bond acceptors (Lipinski definition) is 15. The number of aliphatic imine (C=N–C) groups is 1. The number of rotatable bonds is 37. The molecule has 28 nitrogen and oxygen atoms in total. The average Bonchev–Trinajstić information content (AvgIpc) is 1.67. The molecule has 0 radical (unpaired) electrons. The Labute approximate surface area is 526 Å². The molecule has 2 fully saturated rings. The summed E-state index contributed by atoms with van der Waals surface area (Å²) in [5.41, 5.74) is 24.1. The number of nitrogens with zero attached hydrogens (tertiary/aromatic N) is 3. The van der Waals surface area contributed by atoms with Crippen molar-refractivity contribution >= 4 is 71.0 Å². The van der Waals surface area contributed by atoms with Crippen LogP contribution < -0.4 is 65.5 Å². The van der Waals surface area contributed by atoms with Crippen molar-refractivity contribution in [2.75, 3.05) is 39.3 Å². The number of hydrogen-bond donors (Lipinski definition) is 14. The molecule has 4 rings (SSSR count). The Hall–Kier alpha value is -8.24. The van der Waals surface area contributed by atoms with Crippen LogP contribution >= 0.6 is 0 Å². The number of unbranched alkanes of at least 4 members (excludes halogenated alkanes) is 1. The van der Waals surface area contributed by atoms with E-state index in [0.717, 1.165) is 0 Å². The van der Waals surface area contributed by atoms with E-state index in [4.69, 9.17) is 22.9 Å². The van der Waals surface area contributed by atoms with Gasteiger partial charge in [-0.25, -0.2) is 4.79 Å². The van der Waals surface area contributed by atoms with Crippen molar-refractivity contribution in [3.63, 3.8) is 0 Å². The summed E-state index contributed by atoms with van der Waals surface area (Å²) in [6.45, 7) is 9.97. The molecular formula is C62H97N15O13. The lowest BCUT2D eigenvalue weighted by Gasteiger charge is -2.32. The van der Waals surface area contributed by atoms with Crippen LogP contribution in [0.1, 0.15) is 123 Å². The lowest BCUT2D eigenvalue weighted by Crippen LogP contribution is -2.62. The van der Waals surface area contributed by atoms with Crippen LogP contribution in [0, 0.1) is 17.8 Å². The zero-order chi connectivity index (χ0) is 66.6. The third-order valence-electron chi connectivity index (χ3n) is 16.0. The van der Waals surface area contributed by atoms with Crippen LogP contribution in [0.4, 0.5) is 0 Å². The summed E-state index contributed by atoms with van der Waals surface area (Å²) >= 11 is 0. The summed E-state index contributed by atoms with van der Waals surface area (Å²) < 4.78 is 0. The highest BCUT2D eigenvalue weighted by molar-refractivity contribution is 5.99. The van der Waals surface area contributed by atoms with Crippen LogP contribution in [0.5, 0.6) is 0 Å². The standard InChI is InChI=1S/C62H97N15O13/c1-7-38(6)51(58(86)71-43(31-36(2)3)53(81)72-45(61(89)90)33-40-21-12-9-13-22-40)75-57(85)50(37(4)5)74-52(80)42(24-14-15-27-63)70-55(83)46(35-78)73-54(82)44(32-39-19-10-8-11-20-39)69-49(79)34-68-56(84)47-25-17-29-76(47)60(88)48-26-18-30-77(48)59(87)41(64)23-16-28-67-62(65)66/h8-13,19-22,36-38,41-48,50-51,78H,7,14-18,23-35,63-64H2,1-6H3,(H,68,84)(H,69,79)(H,70,83)(H,71,86)(H,72,81)(H,73,82)(H,74,80)(H,75,85)(H,89,90)(H4,65,66,67)/t38-,41-,42-,43-,44-,45-,46-,47-,48-,50-,51-/m0/s1. The Kier molecular flexibility index (Phi) is 31.1. The van der Waals surface area contributed by atoms with Crippen molar-refractivity contribution in [2.24, 2.45) is 45.7 Å². The fourth-order valence-corrected chi connectivity index (χ4v) is 10.7. The van der Waals surface area contributed by atoms with Crippen LogP contribution in [-0.2, 0) is 65.6 Å². The SMILES string of the molecule is CC[C@H](C)[C@H](NC(=O)[C@@H](NC(=O)[C@H](CCCCN)NC(=O)[C@H](CO)NC(=O)[C@H](Cc1ccccc1)NC(=O)CNC(=O)[C@@H]1CCCN1C(=O)[C@@H]1CCCN1C(=O)[C@@H](N)CCCN=C(N)N)C(C)C)C(=O)N[C@@H](CC(C)C)C(=O)N[C@@H](Cc1ccccc1)C(=O)O. The molecule has 0 aromatic heterocycles. The molecule has 11 atom stereocenters. The second-order valence-corrected chi connectivity index (χ2v) is 23.9. The third kappa shape index (κ3) is 23.6. The lowest BCUT2D eigenvalue weighted by molar-refractivity contribution is -0.147. The summed E-state index contributed by atoms with van der Waals surface area (Å²) in [6, 6.07) is 5.19. The third-order valence-corrected chi connectivity index (χ3v) is 16.0. The topological polar surface area (TPSA) is 447 Å². The molecule has 18 N–H and O–H groups in total. The van der Waals surface area contributed by atoms with Gasteiger partial charge in [-0.05, 0) is 99.6 Å². The van der Waals surface area contributed by atoms with Gasteiger partial charge in [0.25, 0.3) is 0 Å². The number of aliphatic hydroxyl groups excluding tert-OH is 1. The number of amides is 10. The van der Waals surface area contributed by atoms with E-state index < -0.39 is 150 Å². The summed E-state index contributed by atoms with van der Waals surface area (Å²) in [6.07, 6.45) is 3.59. The summed E-state index contributed by atoms with van der Waals surface area (Å²) in [4.78, 5) is 159. The van der Waals surface area contributed by atoms with Gasteiger partial charge in [-0.3, -0.25) is 52.9 Å². The van der Waals surface area contributed by atoms with Gasteiger partial charge in [-0.2, -0.15) is 0 Å². The molecular weight excluding hydrogens is 1160 g/mol. The number of likely N-dealkylation sites (tertiary alicyclic amines) is 2. The highest BCUT2D eigenvalue weighted by atomic mass is 16.4. The van der Waals surface area contributed by atoms with E-state index in [2.05, 4.69) is 47.5 Å². The van der Waals surface area contributed by atoms with E-state index in [1.54, 1.807) is 88.4 Å². The quantitative estimate of drug-likeness (QED) is 0.0204. The molecule has 28 heteroatoms. The maximum absolute atomic E-state index is 14.3. The summed E-state index contributed by atoms with van der Waals surface area (Å²) in [5.74, 6) is -9.75. The number of carbonyl (C=O) groups excluding carboxylic acids is 10. The fraction of sp³-hybridized carbons (Fsp3) is 0.613. The molecule has 2 heterocycles. The number of carboxylic acids is 1. The monoisotopic (exact) mass is 1260 g/mol. The van der Waals surface area contributed by atoms with Crippen molar-refractivity contribution in [1.82, 2.24) is 52.3 Å². The van der Waals surface area contributed by atoms with Crippen molar-refractivity contribution in [3.05, 3.63) is 71.8 Å². The Morgan fingerprint density at radius 3 is 1.70 bits per heavy atom. The van der Waals surface area contributed by atoms with Gasteiger partial charge in [0, 0.05) is 32.5 Å². The highest BCUT2D eigenvalue weighted by Gasteiger charge is 2.43. The number of carbonyl (C=O) groups is 11.